The Morgan fingerprint density at radius 1 is 1.40 bits per heavy atom. The van der Waals surface area contributed by atoms with Gasteiger partial charge in [-0.25, -0.2) is 0 Å². The van der Waals surface area contributed by atoms with E-state index in [-0.39, 0.29) is 6.10 Å². The molecule has 0 fully saturated rings. The van der Waals surface area contributed by atoms with Crippen molar-refractivity contribution in [2.75, 3.05) is 6.61 Å². The highest BCUT2D eigenvalue weighted by Gasteiger charge is 2.09. The minimum Gasteiger partial charge on any atom is -0.489 e. The monoisotopic (exact) mass is 205 g/mol. The van der Waals surface area contributed by atoms with Crippen molar-refractivity contribution >= 4 is 0 Å². The van der Waals surface area contributed by atoms with Gasteiger partial charge in [0.15, 0.2) is 11.5 Å². The Morgan fingerprint density at radius 3 is 2.67 bits per heavy atom. The first-order valence-corrected chi connectivity index (χ1v) is 5.14. The first kappa shape index (κ1) is 11.6. The molecule has 0 atom stereocenters. The molecule has 0 aromatic heterocycles. The van der Waals surface area contributed by atoms with Gasteiger partial charge in [-0.05, 0) is 32.9 Å². The lowest BCUT2D eigenvalue weighted by Crippen LogP contribution is -2.08. The molecule has 0 aliphatic heterocycles. The van der Waals surface area contributed by atoms with Crippen LogP contribution in [0.3, 0.4) is 0 Å². The number of hydrogen-bond donors (Lipinski definition) is 0. The molecule has 15 heavy (non-hydrogen) atoms. The fourth-order valence-electron chi connectivity index (χ4n) is 1.29. The molecule has 0 N–H and O–H groups in total. The Kier molecular flexibility index (Phi) is 4.22. The molecule has 0 unspecified atom stereocenters. The van der Waals surface area contributed by atoms with E-state index in [1.165, 1.54) is 0 Å². The first-order valence-electron chi connectivity index (χ1n) is 5.14. The Morgan fingerprint density at radius 2 is 2.13 bits per heavy atom. The molecule has 1 aromatic carbocycles. The highest BCUT2D eigenvalue weighted by Crippen LogP contribution is 2.31. The van der Waals surface area contributed by atoms with E-state index in [1.54, 1.807) is 0 Å². The van der Waals surface area contributed by atoms with Gasteiger partial charge in [-0.2, -0.15) is 0 Å². The van der Waals surface area contributed by atoms with Gasteiger partial charge in [0.25, 0.3) is 0 Å². The topological polar surface area (TPSA) is 18.5 Å². The molecular weight excluding hydrogens is 188 g/mol. The van der Waals surface area contributed by atoms with Crippen molar-refractivity contribution < 1.29 is 9.47 Å². The zero-order valence-corrected chi connectivity index (χ0v) is 9.54. The lowest BCUT2D eigenvalue weighted by Gasteiger charge is -2.15. The van der Waals surface area contributed by atoms with Gasteiger partial charge in [0.2, 0.25) is 0 Å². The fraction of sp³-hybridized carbons (Fsp3) is 0.385. The lowest BCUT2D eigenvalue weighted by atomic mass is 10.2. The molecule has 81 valence electrons. The van der Waals surface area contributed by atoms with E-state index in [0.717, 1.165) is 17.1 Å². The van der Waals surface area contributed by atoms with Crippen LogP contribution >= 0.6 is 0 Å². The van der Waals surface area contributed by atoms with Crippen LogP contribution in [0.4, 0.5) is 0 Å². The summed E-state index contributed by atoms with van der Waals surface area (Å²) in [5.41, 5.74) is 0.843. The molecule has 2 nitrogen and oxygen atoms in total. The zero-order chi connectivity index (χ0) is 11.3. The van der Waals surface area contributed by atoms with Crippen molar-refractivity contribution in [1.29, 1.82) is 0 Å². The van der Waals surface area contributed by atoms with Gasteiger partial charge in [-0.3, -0.25) is 0 Å². The maximum atomic E-state index is 5.65. The van der Waals surface area contributed by atoms with Crippen molar-refractivity contribution in [2.24, 2.45) is 0 Å². The molecule has 0 heterocycles. The fourth-order valence-corrected chi connectivity index (χ4v) is 1.29. The van der Waals surface area contributed by atoms with Crippen LogP contribution in [-0.4, -0.2) is 12.7 Å². The number of para-hydroxylation sites is 1. The van der Waals surface area contributed by atoms with Crippen LogP contribution in [0.15, 0.2) is 24.8 Å². The van der Waals surface area contributed by atoms with Crippen molar-refractivity contribution in [3.63, 3.8) is 0 Å². The van der Waals surface area contributed by atoms with Gasteiger partial charge >= 0.3 is 0 Å². The Bertz CT molecular complexity index is 329. The van der Waals surface area contributed by atoms with Gasteiger partial charge < -0.3 is 9.47 Å². The standard InChI is InChI=1S/C13H17O2/c1-5-11-8-7-9-12(15-10(3)4)13(11)14-6-2/h7-10H,1,6H2,2-4H3. The summed E-state index contributed by atoms with van der Waals surface area (Å²) in [4.78, 5) is 0. The second kappa shape index (κ2) is 5.44. The van der Waals surface area contributed by atoms with Crippen LogP contribution in [0.1, 0.15) is 26.3 Å². The molecule has 0 bridgehead atoms. The SMILES string of the molecule is C=[C]c1cccc(OC(C)C)c1OCC. The summed E-state index contributed by atoms with van der Waals surface area (Å²) < 4.78 is 11.2. The highest BCUT2D eigenvalue weighted by molar-refractivity contribution is 5.49. The third-order valence-electron chi connectivity index (χ3n) is 1.82. The minimum atomic E-state index is 0.129. The molecule has 0 saturated carbocycles. The third-order valence-corrected chi connectivity index (χ3v) is 1.82. The molecule has 1 rings (SSSR count). The Balaban J connectivity index is 3.06. The predicted octanol–water partition coefficient (Wildman–Crippen LogP) is 3.21. The van der Waals surface area contributed by atoms with Crippen LogP contribution < -0.4 is 9.47 Å². The highest BCUT2D eigenvalue weighted by atomic mass is 16.5. The van der Waals surface area contributed by atoms with Crippen LogP contribution in [0.25, 0.3) is 0 Å². The lowest BCUT2D eigenvalue weighted by molar-refractivity contribution is 0.223. The van der Waals surface area contributed by atoms with Crippen LogP contribution in [0, 0.1) is 6.08 Å². The van der Waals surface area contributed by atoms with Gasteiger partial charge in [0.05, 0.1) is 12.7 Å². The summed E-state index contributed by atoms with van der Waals surface area (Å²) in [6.07, 6.45) is 2.97. The average Bonchev–Trinajstić information content (AvgIpc) is 2.20. The van der Waals surface area contributed by atoms with Crippen LogP contribution in [0.5, 0.6) is 11.5 Å². The summed E-state index contributed by atoms with van der Waals surface area (Å²) in [5, 5.41) is 0. The second-order valence-corrected chi connectivity index (χ2v) is 3.41. The molecule has 2 heteroatoms. The van der Waals surface area contributed by atoms with Crippen molar-refractivity contribution in [2.45, 2.75) is 26.9 Å². The van der Waals surface area contributed by atoms with Gasteiger partial charge in [-0.15, -0.1) is 0 Å². The number of rotatable bonds is 5. The molecule has 0 saturated heterocycles. The summed E-state index contributed by atoms with van der Waals surface area (Å²) in [7, 11) is 0. The molecule has 0 aliphatic carbocycles. The van der Waals surface area contributed by atoms with E-state index >= 15 is 0 Å². The zero-order valence-electron chi connectivity index (χ0n) is 9.54. The largest absolute Gasteiger partial charge is 0.489 e. The van der Waals surface area contributed by atoms with E-state index in [9.17, 15) is 0 Å². The maximum absolute atomic E-state index is 5.65. The number of ether oxygens (including phenoxy) is 2. The first-order chi connectivity index (χ1) is 7.19. The predicted molar refractivity (Wildman–Crippen MR) is 61.3 cm³/mol. The summed E-state index contributed by atoms with van der Waals surface area (Å²) in [6, 6.07) is 5.71. The number of benzene rings is 1. The van der Waals surface area contributed by atoms with E-state index in [0.29, 0.717) is 6.61 Å². The Hall–Kier alpha value is -1.44. The van der Waals surface area contributed by atoms with E-state index < -0.39 is 0 Å². The molecule has 0 aliphatic rings. The third kappa shape index (κ3) is 3.01. The maximum Gasteiger partial charge on any atom is 0.168 e. The quantitative estimate of drug-likeness (QED) is 0.734. The van der Waals surface area contributed by atoms with Crippen LogP contribution in [0.2, 0.25) is 0 Å². The smallest absolute Gasteiger partial charge is 0.168 e. The van der Waals surface area contributed by atoms with Gasteiger partial charge in [0.1, 0.15) is 0 Å². The molecule has 1 radical (unpaired) electrons. The van der Waals surface area contributed by atoms with Gasteiger partial charge in [0, 0.05) is 5.56 Å². The summed E-state index contributed by atoms with van der Waals surface area (Å²) in [6.45, 7) is 10.2. The van der Waals surface area contributed by atoms with E-state index in [4.69, 9.17) is 9.47 Å². The number of hydrogen-bond acceptors (Lipinski definition) is 2. The normalized spacial score (nSPS) is 10.1. The Labute approximate surface area is 91.5 Å². The average molecular weight is 205 g/mol. The summed E-state index contributed by atoms with van der Waals surface area (Å²) in [5.74, 6) is 1.48. The van der Waals surface area contributed by atoms with Crippen molar-refractivity contribution in [1.82, 2.24) is 0 Å². The second-order valence-electron chi connectivity index (χ2n) is 3.41. The van der Waals surface area contributed by atoms with E-state index in [2.05, 4.69) is 12.7 Å². The van der Waals surface area contributed by atoms with Crippen LogP contribution in [-0.2, 0) is 0 Å². The van der Waals surface area contributed by atoms with Gasteiger partial charge in [-0.1, -0.05) is 18.7 Å². The molecule has 0 spiro atoms. The van der Waals surface area contributed by atoms with Crippen molar-refractivity contribution in [3.05, 3.63) is 36.4 Å². The summed E-state index contributed by atoms with van der Waals surface area (Å²) >= 11 is 0. The van der Waals surface area contributed by atoms with Crippen molar-refractivity contribution in [3.8, 4) is 11.5 Å². The molecule has 0 amide bonds. The molecule has 1 aromatic rings. The van der Waals surface area contributed by atoms with E-state index in [1.807, 2.05) is 39.0 Å². The minimum absolute atomic E-state index is 0.129. The molecular formula is C13H17O2.